The second kappa shape index (κ2) is 7.51. The minimum atomic E-state index is -4.24. The van der Waals surface area contributed by atoms with E-state index in [1.807, 2.05) is 0 Å². The number of para-hydroxylation sites is 2. The Morgan fingerprint density at radius 3 is 2.36 bits per heavy atom. The number of halogens is 2. The first-order valence-electron chi connectivity index (χ1n) is 7.05. The van der Waals surface area contributed by atoms with Gasteiger partial charge in [-0.25, -0.2) is 17.5 Å². The SMILES string of the molecule is COc1ccccc1N(C(C)C(=O)O)S(=O)(=O)c1ccc(Cl)c(Cl)c1. The van der Waals surface area contributed by atoms with Gasteiger partial charge >= 0.3 is 5.97 Å². The molecule has 2 rings (SSSR count). The lowest BCUT2D eigenvalue weighted by molar-refractivity contribution is -0.137. The van der Waals surface area contributed by atoms with Crippen molar-refractivity contribution in [1.82, 2.24) is 0 Å². The number of carboxylic acid groups (broad SMARTS) is 1. The van der Waals surface area contributed by atoms with Crippen molar-refractivity contribution < 1.29 is 23.1 Å². The van der Waals surface area contributed by atoms with E-state index in [0.717, 1.165) is 4.31 Å². The number of hydrogen-bond acceptors (Lipinski definition) is 4. The summed E-state index contributed by atoms with van der Waals surface area (Å²) in [7, 11) is -2.87. The Bertz CT molecular complexity index is 901. The van der Waals surface area contributed by atoms with Crippen LogP contribution in [0.3, 0.4) is 0 Å². The van der Waals surface area contributed by atoms with Crippen molar-refractivity contribution in [2.45, 2.75) is 17.9 Å². The van der Waals surface area contributed by atoms with Crippen molar-refractivity contribution in [3.8, 4) is 5.75 Å². The van der Waals surface area contributed by atoms with Gasteiger partial charge in [0.1, 0.15) is 11.8 Å². The molecule has 6 nitrogen and oxygen atoms in total. The second-order valence-electron chi connectivity index (χ2n) is 5.06. The van der Waals surface area contributed by atoms with Crippen molar-refractivity contribution >= 4 is 44.9 Å². The molecule has 0 saturated carbocycles. The highest BCUT2D eigenvalue weighted by Gasteiger charge is 2.35. The van der Waals surface area contributed by atoms with Gasteiger partial charge in [0, 0.05) is 0 Å². The number of hydrogen-bond donors (Lipinski definition) is 1. The number of carboxylic acids is 1. The molecule has 134 valence electrons. The van der Waals surface area contributed by atoms with Gasteiger partial charge in [-0.15, -0.1) is 0 Å². The van der Waals surface area contributed by atoms with E-state index in [2.05, 4.69) is 0 Å². The summed E-state index contributed by atoms with van der Waals surface area (Å²) in [6.45, 7) is 1.27. The average Bonchev–Trinajstić information content (AvgIpc) is 2.57. The Hall–Kier alpha value is -1.96. The molecule has 25 heavy (non-hydrogen) atoms. The largest absolute Gasteiger partial charge is 0.495 e. The summed E-state index contributed by atoms with van der Waals surface area (Å²) in [6.07, 6.45) is 0. The van der Waals surface area contributed by atoms with Gasteiger partial charge in [-0.3, -0.25) is 0 Å². The maximum absolute atomic E-state index is 13.1. The fraction of sp³-hybridized carbons (Fsp3) is 0.188. The minimum Gasteiger partial charge on any atom is -0.495 e. The zero-order valence-corrected chi connectivity index (χ0v) is 15.6. The molecule has 1 unspecified atom stereocenters. The van der Waals surface area contributed by atoms with Crippen molar-refractivity contribution in [1.29, 1.82) is 0 Å². The van der Waals surface area contributed by atoms with E-state index < -0.39 is 22.0 Å². The first-order chi connectivity index (χ1) is 11.7. The van der Waals surface area contributed by atoms with Gasteiger partial charge in [0.25, 0.3) is 10.0 Å². The van der Waals surface area contributed by atoms with Crippen LogP contribution in [-0.4, -0.2) is 32.6 Å². The Morgan fingerprint density at radius 2 is 1.80 bits per heavy atom. The molecular weight excluding hydrogens is 389 g/mol. The van der Waals surface area contributed by atoms with Gasteiger partial charge in [-0.1, -0.05) is 35.3 Å². The lowest BCUT2D eigenvalue weighted by atomic mass is 10.2. The molecule has 1 N–H and O–H groups in total. The number of anilines is 1. The maximum Gasteiger partial charge on any atom is 0.327 e. The quantitative estimate of drug-likeness (QED) is 0.794. The van der Waals surface area contributed by atoms with E-state index in [-0.39, 0.29) is 26.4 Å². The zero-order chi connectivity index (χ0) is 18.8. The van der Waals surface area contributed by atoms with Crippen LogP contribution in [0, 0.1) is 0 Å². The highest BCUT2D eigenvalue weighted by Crippen LogP contribution is 2.35. The van der Waals surface area contributed by atoms with E-state index >= 15 is 0 Å². The number of sulfonamides is 1. The van der Waals surface area contributed by atoms with Crippen molar-refractivity contribution in [3.05, 3.63) is 52.5 Å². The molecular formula is C16H15Cl2NO5S. The van der Waals surface area contributed by atoms with Gasteiger partial charge < -0.3 is 9.84 Å². The van der Waals surface area contributed by atoms with Crippen LogP contribution in [0.5, 0.6) is 5.75 Å². The summed E-state index contributed by atoms with van der Waals surface area (Å²) in [5.41, 5.74) is 0.103. The molecule has 0 aromatic heterocycles. The van der Waals surface area contributed by atoms with Crippen LogP contribution in [0.2, 0.25) is 10.0 Å². The normalized spacial score (nSPS) is 12.5. The van der Waals surface area contributed by atoms with Crippen LogP contribution >= 0.6 is 23.2 Å². The third-order valence-electron chi connectivity index (χ3n) is 3.48. The molecule has 2 aromatic rings. The van der Waals surface area contributed by atoms with Gasteiger partial charge in [-0.05, 0) is 37.3 Å². The lowest BCUT2D eigenvalue weighted by Crippen LogP contribution is -2.43. The average molecular weight is 404 g/mol. The first-order valence-corrected chi connectivity index (χ1v) is 9.25. The minimum absolute atomic E-state index is 0.0469. The van der Waals surface area contributed by atoms with Gasteiger partial charge in [0.05, 0.1) is 27.7 Å². The number of nitrogens with zero attached hydrogens (tertiary/aromatic N) is 1. The standard InChI is InChI=1S/C16H15Cl2NO5S/c1-10(16(20)21)19(14-5-3-4-6-15(14)24-2)25(22,23)11-7-8-12(17)13(18)9-11/h3-10H,1-2H3,(H,20,21). The van der Waals surface area contributed by atoms with Crippen LogP contribution < -0.4 is 9.04 Å². The van der Waals surface area contributed by atoms with E-state index in [0.29, 0.717) is 0 Å². The molecule has 2 aromatic carbocycles. The Kier molecular flexibility index (Phi) is 5.82. The molecule has 1 atom stereocenters. The van der Waals surface area contributed by atoms with Crippen molar-refractivity contribution in [2.75, 3.05) is 11.4 Å². The fourth-order valence-corrected chi connectivity index (χ4v) is 4.22. The Balaban J connectivity index is 2.70. The molecule has 0 aliphatic rings. The first kappa shape index (κ1) is 19.4. The molecule has 0 heterocycles. The van der Waals surface area contributed by atoms with Crippen LogP contribution in [-0.2, 0) is 14.8 Å². The highest BCUT2D eigenvalue weighted by molar-refractivity contribution is 7.93. The molecule has 0 fully saturated rings. The van der Waals surface area contributed by atoms with Crippen molar-refractivity contribution in [3.63, 3.8) is 0 Å². The van der Waals surface area contributed by atoms with E-state index in [9.17, 15) is 18.3 Å². The van der Waals surface area contributed by atoms with Crippen LogP contribution in [0.1, 0.15) is 6.92 Å². The van der Waals surface area contributed by atoms with Gasteiger partial charge in [-0.2, -0.15) is 0 Å². The van der Waals surface area contributed by atoms with E-state index in [1.165, 1.54) is 38.3 Å². The topological polar surface area (TPSA) is 83.9 Å². The third-order valence-corrected chi connectivity index (χ3v) is 6.10. The molecule has 0 aliphatic heterocycles. The summed E-state index contributed by atoms with van der Waals surface area (Å²) in [6, 6.07) is 8.64. The smallest absolute Gasteiger partial charge is 0.327 e. The zero-order valence-electron chi connectivity index (χ0n) is 13.3. The van der Waals surface area contributed by atoms with Crippen molar-refractivity contribution in [2.24, 2.45) is 0 Å². The predicted molar refractivity (Wildman–Crippen MR) is 96.2 cm³/mol. The van der Waals surface area contributed by atoms with E-state index in [4.69, 9.17) is 27.9 Å². The number of methoxy groups -OCH3 is 1. The van der Waals surface area contributed by atoms with Crippen LogP contribution in [0.15, 0.2) is 47.4 Å². The maximum atomic E-state index is 13.1. The van der Waals surface area contributed by atoms with Crippen LogP contribution in [0.25, 0.3) is 0 Å². The monoisotopic (exact) mass is 403 g/mol. The summed E-state index contributed by atoms with van der Waals surface area (Å²) in [5, 5.41) is 9.63. The number of ether oxygens (including phenoxy) is 1. The number of carbonyl (C=O) groups is 1. The summed E-state index contributed by atoms with van der Waals surface area (Å²) < 4.78 is 32.2. The predicted octanol–water partition coefficient (Wildman–Crippen LogP) is 3.67. The Morgan fingerprint density at radius 1 is 1.16 bits per heavy atom. The molecule has 0 aliphatic carbocycles. The fourth-order valence-electron chi connectivity index (χ4n) is 2.21. The number of rotatable bonds is 6. The number of aliphatic carboxylic acids is 1. The molecule has 0 spiro atoms. The third kappa shape index (κ3) is 3.84. The molecule has 0 saturated heterocycles. The molecule has 0 radical (unpaired) electrons. The molecule has 0 bridgehead atoms. The van der Waals surface area contributed by atoms with E-state index in [1.54, 1.807) is 18.2 Å². The Labute approximate surface area is 155 Å². The highest BCUT2D eigenvalue weighted by atomic mass is 35.5. The lowest BCUT2D eigenvalue weighted by Gasteiger charge is -2.29. The summed E-state index contributed by atoms with van der Waals surface area (Å²) in [5.74, 6) is -1.09. The van der Waals surface area contributed by atoms with Gasteiger partial charge in [0.15, 0.2) is 0 Å². The summed E-state index contributed by atoms with van der Waals surface area (Å²) in [4.78, 5) is 11.3. The summed E-state index contributed by atoms with van der Waals surface area (Å²) >= 11 is 11.7. The van der Waals surface area contributed by atoms with Crippen LogP contribution in [0.4, 0.5) is 5.69 Å². The molecule has 0 amide bonds. The van der Waals surface area contributed by atoms with Gasteiger partial charge in [0.2, 0.25) is 0 Å². The molecule has 9 heteroatoms. The number of benzene rings is 2. The second-order valence-corrected chi connectivity index (χ2v) is 7.69.